The number of morpholine rings is 1. The van der Waals surface area contributed by atoms with Gasteiger partial charge < -0.3 is 24.1 Å². The number of hydrogen-bond acceptors (Lipinski definition) is 9. The number of rotatable bonds is 6. The van der Waals surface area contributed by atoms with Crippen LogP contribution in [0.2, 0.25) is 0 Å². The number of nitrogens with zero attached hydrogens (tertiary/aromatic N) is 4. The Morgan fingerprint density at radius 3 is 2.96 bits per heavy atom. The fourth-order valence-electron chi connectivity index (χ4n) is 3.54. The quantitative estimate of drug-likeness (QED) is 0.778. The fourth-order valence-corrected chi connectivity index (χ4v) is 3.54. The molecular weight excluding hydrogens is 362 g/mol. The molecule has 150 valence electrons. The maximum Gasteiger partial charge on any atom is 0.227 e. The van der Waals surface area contributed by atoms with Crippen molar-refractivity contribution in [1.29, 1.82) is 0 Å². The van der Waals surface area contributed by atoms with E-state index >= 15 is 0 Å². The van der Waals surface area contributed by atoms with Crippen LogP contribution in [0, 0.1) is 0 Å². The average Bonchev–Trinajstić information content (AvgIpc) is 3.16. The van der Waals surface area contributed by atoms with Crippen molar-refractivity contribution < 1.29 is 13.9 Å². The molecule has 2 aromatic heterocycles. The van der Waals surface area contributed by atoms with E-state index in [1.165, 1.54) is 19.4 Å². The van der Waals surface area contributed by atoms with Crippen LogP contribution in [0.4, 0.5) is 11.8 Å². The Morgan fingerprint density at radius 1 is 1.32 bits per heavy atom. The molecule has 2 aromatic rings. The SMILES string of the molecule is COc1coc(CN2CCC(Nc3ccnc(N4CCOCC4)n3)C2)cc1=O. The minimum absolute atomic E-state index is 0.158. The van der Waals surface area contributed by atoms with Crippen LogP contribution in [-0.4, -0.2) is 67.4 Å². The smallest absolute Gasteiger partial charge is 0.227 e. The van der Waals surface area contributed by atoms with Crippen LogP contribution in [-0.2, 0) is 11.3 Å². The predicted octanol–water partition coefficient (Wildman–Crippen LogP) is 0.961. The van der Waals surface area contributed by atoms with Crippen molar-refractivity contribution in [3.05, 3.63) is 40.6 Å². The van der Waals surface area contributed by atoms with E-state index in [4.69, 9.17) is 13.9 Å². The lowest BCUT2D eigenvalue weighted by molar-refractivity contribution is 0.122. The molecule has 2 saturated heterocycles. The first-order valence-electron chi connectivity index (χ1n) is 9.51. The molecule has 9 nitrogen and oxygen atoms in total. The number of hydrogen-bond donors (Lipinski definition) is 1. The van der Waals surface area contributed by atoms with Crippen molar-refractivity contribution in [3.63, 3.8) is 0 Å². The maximum atomic E-state index is 11.9. The minimum atomic E-state index is -0.158. The van der Waals surface area contributed by atoms with E-state index in [9.17, 15) is 4.79 Å². The van der Waals surface area contributed by atoms with Gasteiger partial charge >= 0.3 is 0 Å². The third kappa shape index (κ3) is 4.42. The van der Waals surface area contributed by atoms with E-state index < -0.39 is 0 Å². The summed E-state index contributed by atoms with van der Waals surface area (Å²) in [7, 11) is 1.46. The molecule has 1 unspecified atom stereocenters. The summed E-state index contributed by atoms with van der Waals surface area (Å²) in [4.78, 5) is 25.3. The fraction of sp³-hybridized carbons (Fsp3) is 0.526. The largest absolute Gasteiger partial charge is 0.490 e. The van der Waals surface area contributed by atoms with Crippen molar-refractivity contribution >= 4 is 11.8 Å². The van der Waals surface area contributed by atoms with Gasteiger partial charge in [0, 0.05) is 44.5 Å². The highest BCUT2D eigenvalue weighted by atomic mass is 16.5. The van der Waals surface area contributed by atoms with Gasteiger partial charge in [0.25, 0.3) is 0 Å². The van der Waals surface area contributed by atoms with Gasteiger partial charge in [0.05, 0.1) is 26.9 Å². The Hall–Kier alpha value is -2.65. The van der Waals surface area contributed by atoms with Gasteiger partial charge in [-0.25, -0.2) is 4.98 Å². The zero-order valence-corrected chi connectivity index (χ0v) is 16.0. The predicted molar refractivity (Wildman–Crippen MR) is 104 cm³/mol. The number of ether oxygens (including phenoxy) is 2. The zero-order chi connectivity index (χ0) is 19.3. The van der Waals surface area contributed by atoms with Gasteiger partial charge in [0.15, 0.2) is 0 Å². The highest BCUT2D eigenvalue weighted by Gasteiger charge is 2.24. The molecule has 4 rings (SSSR count). The zero-order valence-electron chi connectivity index (χ0n) is 16.0. The van der Waals surface area contributed by atoms with Crippen molar-refractivity contribution in [1.82, 2.24) is 14.9 Å². The third-order valence-corrected chi connectivity index (χ3v) is 5.01. The van der Waals surface area contributed by atoms with Crippen molar-refractivity contribution in [2.75, 3.05) is 56.7 Å². The first-order valence-corrected chi connectivity index (χ1v) is 9.51. The van der Waals surface area contributed by atoms with Crippen molar-refractivity contribution in [2.24, 2.45) is 0 Å². The van der Waals surface area contributed by atoms with Gasteiger partial charge in [-0.05, 0) is 12.5 Å². The van der Waals surface area contributed by atoms with Crippen LogP contribution in [0.5, 0.6) is 5.75 Å². The summed E-state index contributed by atoms with van der Waals surface area (Å²) in [5, 5.41) is 3.50. The Balaban J connectivity index is 1.33. The molecule has 0 aromatic carbocycles. The molecule has 1 atom stereocenters. The van der Waals surface area contributed by atoms with E-state index in [0.717, 1.165) is 44.4 Å². The van der Waals surface area contributed by atoms with Crippen molar-refractivity contribution in [2.45, 2.75) is 19.0 Å². The normalized spacial score (nSPS) is 20.3. The number of likely N-dealkylation sites (tertiary alicyclic amines) is 1. The Morgan fingerprint density at radius 2 is 2.18 bits per heavy atom. The van der Waals surface area contributed by atoms with Crippen LogP contribution in [0.15, 0.2) is 33.8 Å². The summed E-state index contributed by atoms with van der Waals surface area (Å²) in [5.74, 6) is 2.44. The molecule has 0 aliphatic carbocycles. The van der Waals surface area contributed by atoms with Gasteiger partial charge in [-0.2, -0.15) is 4.98 Å². The summed E-state index contributed by atoms with van der Waals surface area (Å²) >= 11 is 0. The maximum absolute atomic E-state index is 11.9. The van der Waals surface area contributed by atoms with E-state index in [0.29, 0.717) is 25.5 Å². The summed E-state index contributed by atoms with van der Waals surface area (Å²) in [5.41, 5.74) is -0.158. The lowest BCUT2D eigenvalue weighted by atomic mass is 10.2. The summed E-state index contributed by atoms with van der Waals surface area (Å²) in [6.07, 6.45) is 4.16. The second-order valence-corrected chi connectivity index (χ2v) is 6.99. The summed E-state index contributed by atoms with van der Waals surface area (Å²) < 4.78 is 15.8. The molecule has 0 saturated carbocycles. The molecule has 2 fully saturated rings. The van der Waals surface area contributed by atoms with Gasteiger partial charge in [0.2, 0.25) is 17.1 Å². The highest BCUT2D eigenvalue weighted by Crippen LogP contribution is 2.19. The topological polar surface area (TPSA) is 93.0 Å². The Kier molecular flexibility index (Phi) is 5.73. The van der Waals surface area contributed by atoms with Crippen LogP contribution in [0.3, 0.4) is 0 Å². The summed E-state index contributed by atoms with van der Waals surface area (Å²) in [6.45, 7) is 5.42. The molecule has 0 bridgehead atoms. The standard InChI is InChI=1S/C19H25N5O4/c1-26-17-13-28-15(10-16(17)25)12-23-5-3-14(11-23)21-18-2-4-20-19(22-18)24-6-8-27-9-7-24/h2,4,10,13-14H,3,5-9,11-12H2,1H3,(H,20,21,22). The van der Waals surface area contributed by atoms with E-state index in [1.54, 1.807) is 6.20 Å². The van der Waals surface area contributed by atoms with E-state index in [1.807, 2.05) is 6.07 Å². The molecule has 0 spiro atoms. The Bertz CT molecular complexity index is 852. The number of nitrogens with one attached hydrogen (secondary N) is 1. The third-order valence-electron chi connectivity index (χ3n) is 5.01. The molecule has 0 radical (unpaired) electrons. The van der Waals surface area contributed by atoms with Crippen LogP contribution >= 0.6 is 0 Å². The monoisotopic (exact) mass is 387 g/mol. The lowest BCUT2D eigenvalue weighted by Gasteiger charge is -2.27. The Labute approximate surface area is 163 Å². The van der Waals surface area contributed by atoms with E-state index in [2.05, 4.69) is 25.1 Å². The van der Waals surface area contributed by atoms with Gasteiger partial charge in [-0.3, -0.25) is 9.69 Å². The van der Waals surface area contributed by atoms with Gasteiger partial charge in [-0.15, -0.1) is 0 Å². The lowest BCUT2D eigenvalue weighted by Crippen LogP contribution is -2.37. The van der Waals surface area contributed by atoms with Crippen LogP contribution < -0.4 is 20.4 Å². The van der Waals surface area contributed by atoms with Gasteiger partial charge in [-0.1, -0.05) is 0 Å². The average molecular weight is 387 g/mol. The minimum Gasteiger partial charge on any atom is -0.490 e. The van der Waals surface area contributed by atoms with Crippen LogP contribution in [0.25, 0.3) is 0 Å². The number of anilines is 2. The highest BCUT2D eigenvalue weighted by molar-refractivity contribution is 5.42. The molecule has 9 heteroatoms. The number of aromatic nitrogens is 2. The molecule has 0 amide bonds. The van der Waals surface area contributed by atoms with Gasteiger partial charge in [0.1, 0.15) is 17.8 Å². The summed E-state index contributed by atoms with van der Waals surface area (Å²) in [6, 6.07) is 3.69. The van der Waals surface area contributed by atoms with Crippen LogP contribution in [0.1, 0.15) is 12.2 Å². The second-order valence-electron chi connectivity index (χ2n) is 6.99. The molecule has 4 heterocycles. The molecular formula is C19H25N5O4. The molecule has 2 aliphatic heterocycles. The molecule has 1 N–H and O–H groups in total. The van der Waals surface area contributed by atoms with E-state index in [-0.39, 0.29) is 17.2 Å². The second kappa shape index (κ2) is 8.57. The van der Waals surface area contributed by atoms with Crippen molar-refractivity contribution in [3.8, 4) is 5.75 Å². The first-order chi connectivity index (χ1) is 13.7. The first kappa shape index (κ1) is 18.7. The molecule has 28 heavy (non-hydrogen) atoms. The number of methoxy groups -OCH3 is 1. The molecule has 2 aliphatic rings.